The smallest absolute Gasteiger partial charge is 0.255 e. The molecule has 98 valence electrons. The molecule has 4 heteroatoms. The molecular weight excluding hydrogens is 326 g/mol. The molecule has 0 spiro atoms. The molecule has 0 radical (unpaired) electrons. The van der Waals surface area contributed by atoms with E-state index < -0.39 is 0 Å². The number of anilines is 1. The molecule has 1 amide bonds. The number of benzene rings is 2. The summed E-state index contributed by atoms with van der Waals surface area (Å²) in [6.45, 7) is 3.93. The molecule has 0 aliphatic carbocycles. The highest BCUT2D eigenvalue weighted by atomic mass is 79.9. The highest BCUT2D eigenvalue weighted by Crippen LogP contribution is 2.24. The van der Waals surface area contributed by atoms with Crippen molar-refractivity contribution in [1.82, 2.24) is 0 Å². The van der Waals surface area contributed by atoms with E-state index in [1.807, 2.05) is 32.0 Å². The van der Waals surface area contributed by atoms with Crippen LogP contribution in [0.25, 0.3) is 0 Å². The minimum Gasteiger partial charge on any atom is -0.321 e. The second-order valence-corrected chi connectivity index (χ2v) is 5.66. The first-order valence-electron chi connectivity index (χ1n) is 5.81. The minimum atomic E-state index is -0.175. The number of amides is 1. The third kappa shape index (κ3) is 3.37. The van der Waals surface area contributed by atoms with Gasteiger partial charge in [0.15, 0.2) is 0 Å². The summed E-state index contributed by atoms with van der Waals surface area (Å²) >= 11 is 9.51. The lowest BCUT2D eigenvalue weighted by atomic mass is 10.1. The molecule has 2 nitrogen and oxygen atoms in total. The van der Waals surface area contributed by atoms with Crippen molar-refractivity contribution in [3.05, 3.63) is 62.6 Å². The van der Waals surface area contributed by atoms with Gasteiger partial charge in [0.2, 0.25) is 0 Å². The molecule has 0 fully saturated rings. The molecule has 0 aromatic heterocycles. The maximum absolute atomic E-state index is 12.1. The minimum absolute atomic E-state index is 0.175. The summed E-state index contributed by atoms with van der Waals surface area (Å²) in [6, 6.07) is 11.0. The van der Waals surface area contributed by atoms with Gasteiger partial charge in [-0.3, -0.25) is 4.79 Å². The van der Waals surface area contributed by atoms with Gasteiger partial charge in [-0.15, -0.1) is 0 Å². The predicted octanol–water partition coefficient (Wildman–Crippen LogP) is 4.97. The van der Waals surface area contributed by atoms with Crippen LogP contribution < -0.4 is 5.32 Å². The average molecular weight is 339 g/mol. The lowest BCUT2D eigenvalue weighted by Crippen LogP contribution is -2.12. The van der Waals surface area contributed by atoms with Gasteiger partial charge in [-0.05, 0) is 49.2 Å². The van der Waals surface area contributed by atoms with Crippen molar-refractivity contribution in [2.75, 3.05) is 5.32 Å². The van der Waals surface area contributed by atoms with Crippen molar-refractivity contribution in [1.29, 1.82) is 0 Å². The van der Waals surface area contributed by atoms with Crippen molar-refractivity contribution >= 4 is 39.1 Å². The largest absolute Gasteiger partial charge is 0.321 e. The summed E-state index contributed by atoms with van der Waals surface area (Å²) < 4.78 is 0.912. The number of hydrogen-bond donors (Lipinski definition) is 1. The fourth-order valence-electron chi connectivity index (χ4n) is 1.65. The number of hydrogen-bond acceptors (Lipinski definition) is 1. The Labute approximate surface area is 125 Å². The monoisotopic (exact) mass is 337 g/mol. The molecule has 0 bridgehead atoms. The number of aryl methyl sites for hydroxylation is 2. The molecule has 1 N–H and O–H groups in total. The van der Waals surface area contributed by atoms with E-state index in [4.69, 9.17) is 11.6 Å². The van der Waals surface area contributed by atoms with Gasteiger partial charge in [0.05, 0.1) is 10.7 Å². The summed E-state index contributed by atoms with van der Waals surface area (Å²) in [7, 11) is 0. The third-order valence-corrected chi connectivity index (χ3v) is 3.97. The second kappa shape index (κ2) is 5.76. The predicted molar refractivity (Wildman–Crippen MR) is 83.0 cm³/mol. The van der Waals surface area contributed by atoms with Gasteiger partial charge >= 0.3 is 0 Å². The van der Waals surface area contributed by atoms with E-state index in [1.165, 1.54) is 0 Å². The second-order valence-electron chi connectivity index (χ2n) is 4.40. The summed E-state index contributed by atoms with van der Waals surface area (Å²) in [6.07, 6.45) is 0. The zero-order valence-electron chi connectivity index (χ0n) is 10.6. The molecule has 19 heavy (non-hydrogen) atoms. The van der Waals surface area contributed by atoms with E-state index in [0.29, 0.717) is 16.3 Å². The van der Waals surface area contributed by atoms with E-state index in [0.717, 1.165) is 15.6 Å². The number of carbonyl (C=O) groups excluding carboxylic acids is 1. The van der Waals surface area contributed by atoms with E-state index in [-0.39, 0.29) is 5.91 Å². The highest BCUT2D eigenvalue weighted by molar-refractivity contribution is 9.10. The molecule has 0 aliphatic rings. The van der Waals surface area contributed by atoms with Crippen LogP contribution in [0, 0.1) is 13.8 Å². The molecule has 2 aromatic rings. The Kier molecular flexibility index (Phi) is 4.27. The zero-order valence-corrected chi connectivity index (χ0v) is 13.0. The van der Waals surface area contributed by atoms with Gasteiger partial charge in [0, 0.05) is 10.0 Å². The van der Waals surface area contributed by atoms with Crippen molar-refractivity contribution in [3.8, 4) is 0 Å². The van der Waals surface area contributed by atoms with Crippen LogP contribution in [0.1, 0.15) is 21.5 Å². The van der Waals surface area contributed by atoms with Crippen LogP contribution in [-0.4, -0.2) is 5.91 Å². The normalized spacial score (nSPS) is 10.3. The third-order valence-electron chi connectivity index (χ3n) is 2.81. The van der Waals surface area contributed by atoms with E-state index in [2.05, 4.69) is 21.2 Å². The molecule has 0 heterocycles. The number of carbonyl (C=O) groups is 1. The van der Waals surface area contributed by atoms with E-state index in [1.54, 1.807) is 18.2 Å². The lowest BCUT2D eigenvalue weighted by molar-refractivity contribution is 0.102. The summed E-state index contributed by atoms with van der Waals surface area (Å²) in [5, 5.41) is 3.35. The molecule has 0 atom stereocenters. The Morgan fingerprint density at radius 1 is 1.16 bits per heavy atom. The highest BCUT2D eigenvalue weighted by Gasteiger charge is 2.09. The van der Waals surface area contributed by atoms with Gasteiger partial charge in [-0.25, -0.2) is 0 Å². The SMILES string of the molecule is Cc1ccc(NC(=O)c2ccc(C)c(Br)c2)c(Cl)c1. The van der Waals surface area contributed by atoms with Crippen LogP contribution in [0.3, 0.4) is 0 Å². The summed E-state index contributed by atoms with van der Waals surface area (Å²) in [4.78, 5) is 12.1. The van der Waals surface area contributed by atoms with E-state index >= 15 is 0 Å². The van der Waals surface area contributed by atoms with Crippen LogP contribution in [0.2, 0.25) is 5.02 Å². The first kappa shape index (κ1) is 14.1. The average Bonchev–Trinajstić information content (AvgIpc) is 2.36. The standard InChI is InChI=1S/C15H13BrClNO/c1-9-3-6-14(13(17)7-9)18-15(19)11-5-4-10(2)12(16)8-11/h3-8H,1-2H3,(H,18,19). The number of rotatable bonds is 2. The molecule has 0 saturated heterocycles. The van der Waals surface area contributed by atoms with Gasteiger partial charge in [-0.2, -0.15) is 0 Å². The number of halogens is 2. The Bertz CT molecular complexity index is 640. The Balaban J connectivity index is 2.23. The van der Waals surface area contributed by atoms with Crippen LogP contribution in [-0.2, 0) is 0 Å². The summed E-state index contributed by atoms with van der Waals surface area (Å²) in [5.41, 5.74) is 3.36. The fraction of sp³-hybridized carbons (Fsp3) is 0.133. The quantitative estimate of drug-likeness (QED) is 0.823. The van der Waals surface area contributed by atoms with Crippen molar-refractivity contribution < 1.29 is 4.79 Å². The lowest BCUT2D eigenvalue weighted by Gasteiger charge is -2.09. The topological polar surface area (TPSA) is 29.1 Å². The van der Waals surface area contributed by atoms with Crippen molar-refractivity contribution in [2.45, 2.75) is 13.8 Å². The van der Waals surface area contributed by atoms with Gasteiger partial charge < -0.3 is 5.32 Å². The van der Waals surface area contributed by atoms with Crippen LogP contribution >= 0.6 is 27.5 Å². The molecule has 2 rings (SSSR count). The maximum atomic E-state index is 12.1. The molecule has 0 aliphatic heterocycles. The first-order valence-corrected chi connectivity index (χ1v) is 6.98. The van der Waals surface area contributed by atoms with E-state index in [9.17, 15) is 4.79 Å². The Morgan fingerprint density at radius 2 is 1.89 bits per heavy atom. The Morgan fingerprint density at radius 3 is 2.53 bits per heavy atom. The maximum Gasteiger partial charge on any atom is 0.255 e. The van der Waals surface area contributed by atoms with Gasteiger partial charge in [0.1, 0.15) is 0 Å². The fourth-order valence-corrected chi connectivity index (χ4v) is 2.31. The van der Waals surface area contributed by atoms with Crippen molar-refractivity contribution in [3.63, 3.8) is 0 Å². The van der Waals surface area contributed by atoms with Gasteiger partial charge in [0.25, 0.3) is 5.91 Å². The van der Waals surface area contributed by atoms with Crippen LogP contribution in [0.5, 0.6) is 0 Å². The summed E-state index contributed by atoms with van der Waals surface area (Å²) in [5.74, 6) is -0.175. The first-order chi connectivity index (χ1) is 8.97. The van der Waals surface area contributed by atoms with Gasteiger partial charge in [-0.1, -0.05) is 39.7 Å². The van der Waals surface area contributed by atoms with Crippen LogP contribution in [0.4, 0.5) is 5.69 Å². The Hall–Kier alpha value is -1.32. The molecule has 0 unspecified atom stereocenters. The van der Waals surface area contributed by atoms with Crippen molar-refractivity contribution in [2.24, 2.45) is 0 Å². The molecular formula is C15H13BrClNO. The number of nitrogens with one attached hydrogen (secondary N) is 1. The van der Waals surface area contributed by atoms with Crippen LogP contribution in [0.15, 0.2) is 40.9 Å². The zero-order chi connectivity index (χ0) is 14.0. The molecule has 0 saturated carbocycles. The molecule has 2 aromatic carbocycles.